The molecule has 0 spiro atoms. The summed E-state index contributed by atoms with van der Waals surface area (Å²) in [5, 5.41) is 6.21. The quantitative estimate of drug-likeness (QED) is 0.399. The highest BCUT2D eigenvalue weighted by Crippen LogP contribution is 2.43. The molecule has 4 rings (SSSR count). The van der Waals surface area contributed by atoms with Gasteiger partial charge in [0.15, 0.2) is 5.60 Å². The normalized spacial score (nSPS) is 22.4. The number of rotatable bonds is 12. The number of methoxy groups -OCH3 is 1. The molecule has 2 heterocycles. The lowest BCUT2D eigenvalue weighted by atomic mass is 9.88. The fraction of sp³-hybridized carbons (Fsp3) is 0.679. The maximum atomic E-state index is 13.9. The van der Waals surface area contributed by atoms with Crippen LogP contribution in [0.4, 0.5) is 11.4 Å². The number of nitrogens with one attached hydrogen (secondary N) is 2. The lowest BCUT2D eigenvalue weighted by Gasteiger charge is -2.39. The van der Waals surface area contributed by atoms with Gasteiger partial charge in [-0.15, -0.1) is 0 Å². The summed E-state index contributed by atoms with van der Waals surface area (Å²) in [5.41, 5.74) is 0.460. The van der Waals surface area contributed by atoms with Crippen molar-refractivity contribution in [3.8, 4) is 5.75 Å². The van der Waals surface area contributed by atoms with Crippen molar-refractivity contribution in [2.75, 3.05) is 62.9 Å². The molecule has 2 fully saturated rings. The Morgan fingerprint density at radius 3 is 2.68 bits per heavy atom. The fourth-order valence-corrected chi connectivity index (χ4v) is 5.21. The Bertz CT molecular complexity index is 1010. The minimum absolute atomic E-state index is 0.0149. The summed E-state index contributed by atoms with van der Waals surface area (Å²) in [4.78, 5) is 43.5. The van der Waals surface area contributed by atoms with E-state index in [0.717, 1.165) is 18.5 Å². The van der Waals surface area contributed by atoms with Gasteiger partial charge in [0.1, 0.15) is 5.75 Å². The van der Waals surface area contributed by atoms with E-state index < -0.39 is 5.60 Å². The average molecular weight is 531 g/mol. The third kappa shape index (κ3) is 6.47. The third-order valence-electron chi connectivity index (χ3n) is 7.34. The summed E-state index contributed by atoms with van der Waals surface area (Å²) in [6.45, 7) is 9.15. The second-order valence-corrected chi connectivity index (χ2v) is 10.8. The predicted molar refractivity (Wildman–Crippen MR) is 144 cm³/mol. The second-order valence-electron chi connectivity index (χ2n) is 10.8. The Balaban J connectivity index is 1.52. The summed E-state index contributed by atoms with van der Waals surface area (Å²) >= 11 is 0. The monoisotopic (exact) mass is 530 g/mol. The van der Waals surface area contributed by atoms with Crippen LogP contribution in [0.3, 0.4) is 0 Å². The van der Waals surface area contributed by atoms with Gasteiger partial charge in [-0.1, -0.05) is 0 Å². The van der Waals surface area contributed by atoms with Crippen molar-refractivity contribution in [1.82, 2.24) is 10.6 Å². The molecule has 1 unspecified atom stereocenters. The minimum atomic E-state index is -0.973. The molecule has 3 amide bonds. The Hall–Kier alpha value is -2.69. The predicted octanol–water partition coefficient (Wildman–Crippen LogP) is 2.10. The van der Waals surface area contributed by atoms with E-state index in [1.165, 1.54) is 0 Å². The number of hydrogen-bond acceptors (Lipinski definition) is 7. The smallest absolute Gasteiger partial charge is 0.270 e. The van der Waals surface area contributed by atoms with Crippen molar-refractivity contribution in [2.24, 2.45) is 11.8 Å². The Kier molecular flexibility index (Phi) is 9.27. The van der Waals surface area contributed by atoms with Crippen molar-refractivity contribution in [1.29, 1.82) is 0 Å². The van der Waals surface area contributed by atoms with Crippen molar-refractivity contribution >= 4 is 29.1 Å². The van der Waals surface area contributed by atoms with Crippen molar-refractivity contribution < 1.29 is 28.6 Å². The van der Waals surface area contributed by atoms with E-state index in [1.807, 2.05) is 30.0 Å². The maximum absolute atomic E-state index is 13.9. The first kappa shape index (κ1) is 28.3. The van der Waals surface area contributed by atoms with E-state index in [9.17, 15) is 14.4 Å². The molecule has 0 radical (unpaired) electrons. The first-order valence-corrected chi connectivity index (χ1v) is 13.8. The molecular weight excluding hydrogens is 488 g/mol. The molecule has 2 aliphatic heterocycles. The van der Waals surface area contributed by atoms with Gasteiger partial charge in [-0.3, -0.25) is 14.4 Å². The van der Waals surface area contributed by atoms with E-state index in [-0.39, 0.29) is 35.6 Å². The largest absolute Gasteiger partial charge is 0.476 e. The van der Waals surface area contributed by atoms with Crippen LogP contribution >= 0.6 is 0 Å². The molecule has 10 nitrogen and oxygen atoms in total. The minimum Gasteiger partial charge on any atom is -0.476 e. The van der Waals surface area contributed by atoms with Gasteiger partial charge < -0.3 is 34.6 Å². The first-order chi connectivity index (χ1) is 18.3. The van der Waals surface area contributed by atoms with Crippen LogP contribution in [0.1, 0.15) is 46.5 Å². The molecule has 1 aromatic carbocycles. The second kappa shape index (κ2) is 12.4. The van der Waals surface area contributed by atoms with E-state index >= 15 is 0 Å². The van der Waals surface area contributed by atoms with Crippen LogP contribution in [-0.4, -0.2) is 82.5 Å². The number of hydrogen-bond donors (Lipinski definition) is 2. The summed E-state index contributed by atoms with van der Waals surface area (Å²) in [6, 6.07) is 5.79. The fourth-order valence-electron chi connectivity index (χ4n) is 5.21. The molecule has 3 aliphatic rings. The van der Waals surface area contributed by atoms with Crippen molar-refractivity contribution in [3.05, 3.63) is 18.2 Å². The summed E-state index contributed by atoms with van der Waals surface area (Å²) < 4.78 is 16.6. The number of nitrogens with zero attached hydrogens (tertiary/aromatic N) is 2. The van der Waals surface area contributed by atoms with Crippen LogP contribution in [0.5, 0.6) is 5.75 Å². The van der Waals surface area contributed by atoms with Gasteiger partial charge in [0.2, 0.25) is 11.8 Å². The Morgan fingerprint density at radius 2 is 1.97 bits per heavy atom. The molecule has 1 aromatic rings. The van der Waals surface area contributed by atoms with Gasteiger partial charge in [-0.25, -0.2) is 0 Å². The highest BCUT2D eigenvalue weighted by Gasteiger charge is 2.43. The number of piperidine rings is 1. The Morgan fingerprint density at radius 1 is 1.21 bits per heavy atom. The van der Waals surface area contributed by atoms with Gasteiger partial charge in [0.05, 0.1) is 24.1 Å². The van der Waals surface area contributed by atoms with Gasteiger partial charge in [0, 0.05) is 58.2 Å². The number of ether oxygens (including phenoxy) is 3. The Labute approximate surface area is 225 Å². The number of benzene rings is 1. The van der Waals surface area contributed by atoms with E-state index in [2.05, 4.69) is 10.6 Å². The number of fused-ring (bicyclic) bond motifs is 1. The van der Waals surface area contributed by atoms with E-state index in [0.29, 0.717) is 70.3 Å². The van der Waals surface area contributed by atoms with Crippen LogP contribution < -0.4 is 25.2 Å². The molecule has 1 saturated carbocycles. The standard InChI is InChI=1S/C28H42N4O6/c1-5-37-14-11-30-25(33)19-15-20(18-29-17-19)26(34)32(21-7-8-21)22-9-10-24-23(16-22)31(12-6-13-36-4)27(35)28(2,3)38-24/h9-10,16,19-21,29H,5-8,11-15,17-18H2,1-4H3,(H,30,33)/t19?,20-/m1/s1. The highest BCUT2D eigenvalue weighted by molar-refractivity contribution is 6.04. The lowest BCUT2D eigenvalue weighted by Crippen LogP contribution is -2.53. The van der Waals surface area contributed by atoms with Crippen LogP contribution in [0, 0.1) is 11.8 Å². The number of amides is 3. The van der Waals surface area contributed by atoms with Gasteiger partial charge in [0.25, 0.3) is 5.91 Å². The van der Waals surface area contributed by atoms with E-state index in [4.69, 9.17) is 14.2 Å². The summed E-state index contributed by atoms with van der Waals surface area (Å²) in [7, 11) is 1.64. The zero-order chi connectivity index (χ0) is 27.3. The molecule has 10 heteroatoms. The van der Waals surface area contributed by atoms with Crippen LogP contribution in [0.25, 0.3) is 0 Å². The summed E-state index contributed by atoms with van der Waals surface area (Å²) in [6.07, 6.45) is 3.06. The third-order valence-corrected chi connectivity index (χ3v) is 7.34. The summed E-state index contributed by atoms with van der Waals surface area (Å²) in [5.74, 6) is -0.0992. The molecule has 38 heavy (non-hydrogen) atoms. The molecular formula is C28H42N4O6. The zero-order valence-corrected chi connectivity index (χ0v) is 23.1. The number of carbonyl (C=O) groups is 3. The molecule has 2 atom stereocenters. The molecule has 0 aromatic heterocycles. The van der Waals surface area contributed by atoms with Crippen molar-refractivity contribution in [3.63, 3.8) is 0 Å². The number of carbonyl (C=O) groups excluding carboxylic acids is 3. The highest BCUT2D eigenvalue weighted by atomic mass is 16.5. The van der Waals surface area contributed by atoms with Crippen molar-refractivity contribution in [2.45, 2.75) is 58.1 Å². The maximum Gasteiger partial charge on any atom is 0.270 e. The van der Waals surface area contributed by atoms with Gasteiger partial charge >= 0.3 is 0 Å². The molecule has 0 bridgehead atoms. The topological polar surface area (TPSA) is 109 Å². The van der Waals surface area contributed by atoms with Gasteiger partial charge in [-0.05, 0) is 64.7 Å². The van der Waals surface area contributed by atoms with Crippen LogP contribution in [-0.2, 0) is 23.9 Å². The number of anilines is 2. The van der Waals surface area contributed by atoms with E-state index in [1.54, 1.807) is 25.9 Å². The molecule has 1 saturated heterocycles. The molecule has 210 valence electrons. The lowest BCUT2D eigenvalue weighted by molar-refractivity contribution is -0.132. The first-order valence-electron chi connectivity index (χ1n) is 13.8. The van der Waals surface area contributed by atoms with Crippen LogP contribution in [0.2, 0.25) is 0 Å². The SMILES string of the molecule is CCOCCNC(=O)C1CNC[C@H](C(=O)N(c2ccc3c(c2)N(CCCOC)C(=O)C(C)(C)O3)C2CC2)C1. The molecule has 2 N–H and O–H groups in total. The van der Waals surface area contributed by atoms with Gasteiger partial charge in [-0.2, -0.15) is 0 Å². The molecule has 1 aliphatic carbocycles. The average Bonchev–Trinajstić information content (AvgIpc) is 3.74. The van der Waals surface area contributed by atoms with Crippen LogP contribution in [0.15, 0.2) is 18.2 Å². The zero-order valence-electron chi connectivity index (χ0n) is 23.1.